The molecule has 14 heteroatoms. The number of benzene rings is 1. The Kier molecular flexibility index (Phi) is 9.31. The zero-order valence-electron chi connectivity index (χ0n) is 22.8. The third kappa shape index (κ3) is 6.70. The monoisotopic (exact) mass is 604 g/mol. The third-order valence-electron chi connectivity index (χ3n) is 7.23. The van der Waals surface area contributed by atoms with Crippen molar-refractivity contribution in [3.05, 3.63) is 70.5 Å². The van der Waals surface area contributed by atoms with Gasteiger partial charge in [0.05, 0.1) is 29.3 Å². The van der Waals surface area contributed by atoms with Crippen molar-refractivity contribution < 1.29 is 23.4 Å². The summed E-state index contributed by atoms with van der Waals surface area (Å²) in [5.41, 5.74) is 1.43. The molecule has 5 heterocycles. The van der Waals surface area contributed by atoms with Crippen molar-refractivity contribution in [3.8, 4) is 0 Å². The fourth-order valence-corrected chi connectivity index (χ4v) is 5.32. The number of halogens is 4. The predicted octanol–water partition coefficient (Wildman–Crippen LogP) is 3.43. The minimum Gasteiger partial charge on any atom is -0.392 e. The van der Waals surface area contributed by atoms with Gasteiger partial charge in [0, 0.05) is 75.9 Å². The molecule has 1 aromatic carbocycles. The van der Waals surface area contributed by atoms with Crippen molar-refractivity contribution in [2.24, 2.45) is 0 Å². The normalized spacial score (nSPS) is 16.0. The summed E-state index contributed by atoms with van der Waals surface area (Å²) in [6.45, 7) is 6.36. The van der Waals surface area contributed by atoms with Crippen LogP contribution in [0.25, 0.3) is 11.0 Å². The van der Waals surface area contributed by atoms with Crippen molar-refractivity contribution in [3.63, 3.8) is 0 Å². The molecular formula is C28H32ClF3N8O2. The van der Waals surface area contributed by atoms with Crippen LogP contribution < -0.4 is 20.0 Å². The largest absolute Gasteiger partial charge is 0.416 e. The summed E-state index contributed by atoms with van der Waals surface area (Å²) in [6.07, 6.45) is -1.02. The number of pyridine rings is 2. The van der Waals surface area contributed by atoms with E-state index in [-0.39, 0.29) is 23.8 Å². The number of fused-ring (bicyclic) bond motifs is 1. The molecule has 0 aliphatic carbocycles. The van der Waals surface area contributed by atoms with Gasteiger partial charge < -0.3 is 35.2 Å². The van der Waals surface area contributed by atoms with Crippen LogP contribution in [0.3, 0.4) is 0 Å². The Balaban J connectivity index is 0.000000211. The molecule has 4 N–H and O–H groups in total. The third-order valence-corrected chi connectivity index (χ3v) is 7.51. The summed E-state index contributed by atoms with van der Waals surface area (Å²) >= 11 is 6.02. The van der Waals surface area contributed by atoms with E-state index in [0.29, 0.717) is 37.6 Å². The predicted molar refractivity (Wildman–Crippen MR) is 156 cm³/mol. The summed E-state index contributed by atoms with van der Waals surface area (Å²) in [5, 5.41) is 21.9. The van der Waals surface area contributed by atoms with Crippen molar-refractivity contribution in [1.82, 2.24) is 25.3 Å². The van der Waals surface area contributed by atoms with Crippen molar-refractivity contribution >= 4 is 40.2 Å². The Morgan fingerprint density at radius 1 is 0.810 bits per heavy atom. The maximum atomic E-state index is 13.0. The number of nitrogens with one attached hydrogen (secondary N) is 2. The highest BCUT2D eigenvalue weighted by Crippen LogP contribution is 2.35. The van der Waals surface area contributed by atoms with E-state index in [1.54, 1.807) is 18.5 Å². The van der Waals surface area contributed by atoms with Gasteiger partial charge in [-0.1, -0.05) is 23.7 Å². The fourth-order valence-electron chi connectivity index (χ4n) is 5.06. The number of piperazine rings is 2. The molecule has 2 fully saturated rings. The van der Waals surface area contributed by atoms with Crippen LogP contribution in [-0.2, 0) is 19.4 Å². The molecule has 3 aromatic heterocycles. The van der Waals surface area contributed by atoms with E-state index in [0.717, 1.165) is 61.1 Å². The molecule has 2 saturated heterocycles. The second-order valence-corrected chi connectivity index (χ2v) is 10.3. The van der Waals surface area contributed by atoms with Crippen LogP contribution in [0.2, 0.25) is 5.02 Å². The standard InChI is InChI=1S/C18H17ClF3N5O.C10H15N3O/c19-13-8-12(18(20,21)22)9-14-15(13)25-17(24-14)27-6-4-26(5-7-27)16-11(10-28)2-1-3-23-16;14-8-9-2-1-3-12-10(9)13-6-4-11-5-7-13/h1-3,8-9,28H,4-7,10H2,(H,24,25);1-3,11,14H,4-8H2. The van der Waals surface area contributed by atoms with Crippen LogP contribution in [-0.4, -0.2) is 82.5 Å². The Morgan fingerprint density at radius 3 is 1.90 bits per heavy atom. The second kappa shape index (κ2) is 13.1. The highest BCUT2D eigenvalue weighted by atomic mass is 35.5. The van der Waals surface area contributed by atoms with Gasteiger partial charge in [-0.2, -0.15) is 13.2 Å². The summed E-state index contributed by atoms with van der Waals surface area (Å²) in [7, 11) is 0. The molecule has 42 heavy (non-hydrogen) atoms. The second-order valence-electron chi connectivity index (χ2n) is 9.91. The minimum absolute atomic E-state index is 0.0352. The number of aromatic nitrogens is 4. The fraction of sp³-hybridized carbons (Fsp3) is 0.393. The van der Waals surface area contributed by atoms with Crippen molar-refractivity contribution in [2.75, 3.05) is 67.1 Å². The number of rotatable bonds is 5. The molecule has 6 rings (SSSR count). The lowest BCUT2D eigenvalue weighted by molar-refractivity contribution is -0.137. The van der Waals surface area contributed by atoms with E-state index in [1.165, 1.54) is 0 Å². The molecule has 2 aliphatic rings. The van der Waals surface area contributed by atoms with Crippen molar-refractivity contribution in [2.45, 2.75) is 19.4 Å². The molecule has 2 aliphatic heterocycles. The van der Waals surface area contributed by atoms with Crippen LogP contribution >= 0.6 is 11.6 Å². The molecule has 0 amide bonds. The van der Waals surface area contributed by atoms with Crippen LogP contribution in [0.4, 0.5) is 30.8 Å². The molecule has 0 bridgehead atoms. The first-order valence-corrected chi connectivity index (χ1v) is 14.0. The van der Waals surface area contributed by atoms with Gasteiger partial charge in [0.15, 0.2) is 0 Å². The summed E-state index contributed by atoms with van der Waals surface area (Å²) in [5.74, 6) is 2.16. The number of aliphatic hydroxyl groups is 2. The zero-order valence-corrected chi connectivity index (χ0v) is 23.5. The van der Waals surface area contributed by atoms with Crippen LogP contribution in [0, 0.1) is 0 Å². The number of aliphatic hydroxyl groups excluding tert-OH is 2. The van der Waals surface area contributed by atoms with E-state index in [4.69, 9.17) is 16.7 Å². The molecule has 10 nitrogen and oxygen atoms in total. The number of nitrogens with zero attached hydrogens (tertiary/aromatic N) is 6. The first kappa shape index (κ1) is 29.8. The highest BCUT2D eigenvalue weighted by Gasteiger charge is 2.32. The lowest BCUT2D eigenvalue weighted by atomic mass is 10.2. The lowest BCUT2D eigenvalue weighted by Gasteiger charge is -2.35. The number of aromatic amines is 1. The van der Waals surface area contributed by atoms with Gasteiger partial charge in [0.1, 0.15) is 17.2 Å². The summed E-state index contributed by atoms with van der Waals surface area (Å²) < 4.78 is 39.0. The smallest absolute Gasteiger partial charge is 0.392 e. The van der Waals surface area contributed by atoms with E-state index < -0.39 is 11.7 Å². The van der Waals surface area contributed by atoms with E-state index >= 15 is 0 Å². The van der Waals surface area contributed by atoms with Gasteiger partial charge in [0.2, 0.25) is 5.95 Å². The number of imidazole rings is 1. The maximum Gasteiger partial charge on any atom is 0.416 e. The van der Waals surface area contributed by atoms with Crippen LogP contribution in [0.5, 0.6) is 0 Å². The number of anilines is 3. The highest BCUT2D eigenvalue weighted by molar-refractivity contribution is 6.35. The Bertz CT molecular complexity index is 1490. The Labute approximate surface area is 245 Å². The quantitative estimate of drug-likeness (QED) is 0.272. The molecule has 0 radical (unpaired) electrons. The zero-order chi connectivity index (χ0) is 29.7. The van der Waals surface area contributed by atoms with Crippen LogP contribution in [0.15, 0.2) is 48.8 Å². The Morgan fingerprint density at radius 2 is 1.36 bits per heavy atom. The molecule has 224 valence electrons. The lowest BCUT2D eigenvalue weighted by Crippen LogP contribution is -2.47. The number of hydrogen-bond donors (Lipinski definition) is 4. The molecule has 4 aromatic rings. The molecule has 0 saturated carbocycles. The van der Waals surface area contributed by atoms with Gasteiger partial charge >= 0.3 is 6.18 Å². The first-order chi connectivity index (χ1) is 20.3. The van der Waals surface area contributed by atoms with E-state index in [1.807, 2.05) is 23.1 Å². The minimum atomic E-state index is -4.47. The molecule has 0 atom stereocenters. The van der Waals surface area contributed by atoms with Gasteiger partial charge in [-0.05, 0) is 24.3 Å². The van der Waals surface area contributed by atoms with Gasteiger partial charge in [0.25, 0.3) is 0 Å². The number of hydrogen-bond acceptors (Lipinski definition) is 9. The van der Waals surface area contributed by atoms with Gasteiger partial charge in [-0.15, -0.1) is 0 Å². The number of H-pyrrole nitrogens is 1. The van der Waals surface area contributed by atoms with E-state index in [9.17, 15) is 18.3 Å². The molecule has 0 spiro atoms. The Hall–Kier alpha value is -3.65. The SMILES string of the molecule is OCc1cccnc1N1CCN(c2nc3c(Cl)cc(C(F)(F)F)cc3[nH]2)CC1.OCc1cccnc1N1CCNCC1. The van der Waals surface area contributed by atoms with Crippen LogP contribution in [0.1, 0.15) is 16.7 Å². The average Bonchev–Trinajstić information content (AvgIpc) is 3.47. The average molecular weight is 605 g/mol. The first-order valence-electron chi connectivity index (χ1n) is 13.6. The summed E-state index contributed by atoms with van der Waals surface area (Å²) in [4.78, 5) is 22.2. The molecular weight excluding hydrogens is 573 g/mol. The number of alkyl halides is 3. The topological polar surface area (TPSA) is 117 Å². The van der Waals surface area contributed by atoms with E-state index in [2.05, 4.69) is 35.1 Å². The van der Waals surface area contributed by atoms with Gasteiger partial charge in [-0.25, -0.2) is 15.0 Å². The summed E-state index contributed by atoms with van der Waals surface area (Å²) in [6, 6.07) is 9.30. The van der Waals surface area contributed by atoms with Crippen molar-refractivity contribution in [1.29, 1.82) is 0 Å². The molecule has 0 unspecified atom stereocenters. The van der Waals surface area contributed by atoms with Gasteiger partial charge in [-0.3, -0.25) is 0 Å². The maximum absolute atomic E-state index is 13.0.